The van der Waals surface area contributed by atoms with E-state index < -0.39 is 8.80 Å². The van der Waals surface area contributed by atoms with Gasteiger partial charge in [0.2, 0.25) is 0 Å². The Balaban J connectivity index is 2.65. The number of hydrogen-bond donors (Lipinski definition) is 1. The molecule has 1 aromatic carbocycles. The third-order valence-corrected chi connectivity index (χ3v) is 4.60. The minimum absolute atomic E-state index is 0.170. The van der Waals surface area contributed by atoms with Gasteiger partial charge in [0.15, 0.2) is 0 Å². The van der Waals surface area contributed by atoms with E-state index in [-0.39, 0.29) is 5.73 Å². The lowest BCUT2D eigenvalue weighted by Crippen LogP contribution is -2.29. The van der Waals surface area contributed by atoms with E-state index in [4.69, 9.17) is 10.5 Å². The van der Waals surface area contributed by atoms with E-state index in [2.05, 4.69) is 20.1 Å². The van der Waals surface area contributed by atoms with Crippen molar-refractivity contribution in [3.05, 3.63) is 48.8 Å². The summed E-state index contributed by atoms with van der Waals surface area (Å²) < 4.78 is 5.78. The Morgan fingerprint density at radius 3 is 2.27 bits per heavy atom. The van der Waals surface area contributed by atoms with Crippen molar-refractivity contribution in [2.45, 2.75) is 12.7 Å². The summed E-state index contributed by atoms with van der Waals surface area (Å²) >= 11 is 0. The number of rotatable bonds is 5. The van der Waals surface area contributed by atoms with Gasteiger partial charge in [0.25, 0.3) is 0 Å². The van der Waals surface area contributed by atoms with Crippen LogP contribution in [-0.2, 0) is 0 Å². The molecule has 0 saturated heterocycles. The van der Waals surface area contributed by atoms with E-state index in [1.165, 1.54) is 0 Å². The van der Waals surface area contributed by atoms with Crippen LogP contribution < -0.4 is 10.5 Å². The number of nitrogens with two attached hydrogens (primary N) is 1. The van der Waals surface area contributed by atoms with Crippen molar-refractivity contribution in [1.82, 2.24) is 0 Å². The topological polar surface area (TPSA) is 35.2 Å². The third kappa shape index (κ3) is 3.29. The predicted molar refractivity (Wildman–Crippen MR) is 68.5 cm³/mol. The molecule has 0 amide bonds. The van der Waals surface area contributed by atoms with Crippen molar-refractivity contribution in [2.75, 3.05) is 5.73 Å². The Morgan fingerprint density at radius 2 is 1.80 bits per heavy atom. The molecule has 1 atom stereocenters. The van der Waals surface area contributed by atoms with Crippen molar-refractivity contribution in [2.24, 2.45) is 0 Å². The molecule has 0 aliphatic rings. The number of nitrogen functional groups attached to an aromatic ring is 1. The smallest absolute Gasteiger partial charge is 0.131 e. The maximum atomic E-state index is 5.78. The molecular weight excluding hydrogens is 202 g/mol. The Hall–Kier alpha value is -1.48. The standard InChI is InChI=1S/C12H17NOSi/c1-4-15(5-2)10(3)14-12-8-6-11(13)7-9-12/h4-10,15H,1-2,13H2,3H3. The molecule has 0 aromatic heterocycles. The maximum absolute atomic E-state index is 5.78. The minimum Gasteiger partial charge on any atom is -0.494 e. The summed E-state index contributed by atoms with van der Waals surface area (Å²) in [5, 5.41) is 0. The van der Waals surface area contributed by atoms with Crippen LogP contribution in [0.25, 0.3) is 0 Å². The summed E-state index contributed by atoms with van der Waals surface area (Å²) in [7, 11) is -1.19. The fraction of sp³-hybridized carbons (Fsp3) is 0.167. The highest BCUT2D eigenvalue weighted by Gasteiger charge is 2.13. The average molecular weight is 219 g/mol. The quantitative estimate of drug-likeness (QED) is 0.609. The fourth-order valence-electron chi connectivity index (χ4n) is 1.32. The van der Waals surface area contributed by atoms with Crippen LogP contribution in [0.1, 0.15) is 6.92 Å². The Kier molecular flexibility index (Phi) is 4.18. The summed E-state index contributed by atoms with van der Waals surface area (Å²) in [6.07, 6.45) is 0. The predicted octanol–water partition coefficient (Wildman–Crippen LogP) is 2.25. The molecule has 1 rings (SSSR count). The molecule has 80 valence electrons. The van der Waals surface area contributed by atoms with Crippen LogP contribution in [0.15, 0.2) is 48.8 Å². The van der Waals surface area contributed by atoms with E-state index in [9.17, 15) is 0 Å². The van der Waals surface area contributed by atoms with Crippen LogP contribution in [0.5, 0.6) is 5.75 Å². The Bertz CT molecular complexity index is 326. The van der Waals surface area contributed by atoms with Crippen LogP contribution in [0.4, 0.5) is 5.69 Å². The summed E-state index contributed by atoms with van der Waals surface area (Å²) in [5.41, 5.74) is 10.4. The lowest BCUT2D eigenvalue weighted by atomic mass is 10.3. The van der Waals surface area contributed by atoms with E-state index in [0.29, 0.717) is 0 Å². The molecule has 0 radical (unpaired) electrons. The molecule has 2 N–H and O–H groups in total. The molecule has 0 aliphatic carbocycles. The number of anilines is 1. The summed E-state index contributed by atoms with van der Waals surface area (Å²) in [6, 6.07) is 7.42. The molecule has 0 fully saturated rings. The summed E-state index contributed by atoms with van der Waals surface area (Å²) in [6.45, 7) is 9.65. The van der Waals surface area contributed by atoms with Gasteiger partial charge in [0.05, 0.1) is 5.73 Å². The van der Waals surface area contributed by atoms with Gasteiger partial charge >= 0.3 is 0 Å². The number of ether oxygens (including phenoxy) is 1. The molecule has 1 aromatic rings. The fourth-order valence-corrected chi connectivity index (χ4v) is 2.59. The van der Waals surface area contributed by atoms with Gasteiger partial charge < -0.3 is 10.5 Å². The SMILES string of the molecule is C=C[SiH](C=C)C(C)Oc1ccc(N)cc1. The largest absolute Gasteiger partial charge is 0.494 e. The highest BCUT2D eigenvalue weighted by Crippen LogP contribution is 2.15. The normalized spacial score (nSPS) is 12.1. The molecule has 0 bridgehead atoms. The van der Waals surface area contributed by atoms with E-state index >= 15 is 0 Å². The molecule has 2 nitrogen and oxygen atoms in total. The van der Waals surface area contributed by atoms with Crippen molar-refractivity contribution in [1.29, 1.82) is 0 Å². The van der Waals surface area contributed by atoms with Crippen molar-refractivity contribution >= 4 is 14.5 Å². The van der Waals surface area contributed by atoms with Gasteiger partial charge in [0, 0.05) is 5.69 Å². The van der Waals surface area contributed by atoms with Gasteiger partial charge in [-0.3, -0.25) is 0 Å². The molecule has 1 unspecified atom stereocenters. The number of hydrogen-bond acceptors (Lipinski definition) is 2. The molecule has 15 heavy (non-hydrogen) atoms. The maximum Gasteiger partial charge on any atom is 0.131 e. The lowest BCUT2D eigenvalue weighted by molar-refractivity contribution is 0.295. The second-order valence-corrected chi connectivity index (χ2v) is 6.48. The van der Waals surface area contributed by atoms with Crippen molar-refractivity contribution in [3.8, 4) is 5.75 Å². The minimum atomic E-state index is -1.19. The van der Waals surface area contributed by atoms with Crippen molar-refractivity contribution < 1.29 is 4.74 Å². The highest BCUT2D eigenvalue weighted by atomic mass is 28.3. The Labute approximate surface area is 92.7 Å². The monoisotopic (exact) mass is 219 g/mol. The summed E-state index contributed by atoms with van der Waals surface area (Å²) in [5.74, 6) is 0.845. The zero-order valence-corrected chi connectivity index (χ0v) is 10.2. The summed E-state index contributed by atoms with van der Waals surface area (Å²) in [4.78, 5) is 0. The van der Waals surface area contributed by atoms with Crippen LogP contribution >= 0.6 is 0 Å². The first-order valence-corrected chi connectivity index (χ1v) is 6.94. The van der Waals surface area contributed by atoms with E-state index in [1.807, 2.05) is 35.7 Å². The molecule has 0 heterocycles. The molecular formula is C12H17NOSi. The van der Waals surface area contributed by atoms with Crippen LogP contribution in [0.3, 0.4) is 0 Å². The molecule has 0 aliphatic heterocycles. The zero-order valence-electron chi connectivity index (χ0n) is 9.02. The van der Waals surface area contributed by atoms with Gasteiger partial charge in [-0.25, -0.2) is 0 Å². The highest BCUT2D eigenvalue weighted by molar-refractivity contribution is 6.70. The Morgan fingerprint density at radius 1 is 1.27 bits per heavy atom. The average Bonchev–Trinajstić information content (AvgIpc) is 2.23. The first-order valence-electron chi connectivity index (χ1n) is 4.94. The van der Waals surface area contributed by atoms with E-state index in [0.717, 1.165) is 11.4 Å². The van der Waals surface area contributed by atoms with Crippen molar-refractivity contribution in [3.63, 3.8) is 0 Å². The second-order valence-electron chi connectivity index (χ2n) is 3.44. The lowest BCUT2D eigenvalue weighted by Gasteiger charge is -2.18. The van der Waals surface area contributed by atoms with E-state index in [1.54, 1.807) is 0 Å². The van der Waals surface area contributed by atoms with Gasteiger partial charge in [-0.2, -0.15) is 0 Å². The number of benzene rings is 1. The third-order valence-electron chi connectivity index (χ3n) is 2.29. The van der Waals surface area contributed by atoms with Gasteiger partial charge in [-0.1, -0.05) is 11.4 Å². The van der Waals surface area contributed by atoms with Crippen LogP contribution in [-0.4, -0.2) is 14.5 Å². The molecule has 0 saturated carbocycles. The second kappa shape index (κ2) is 5.41. The van der Waals surface area contributed by atoms with Gasteiger partial charge in [0.1, 0.15) is 14.5 Å². The zero-order chi connectivity index (χ0) is 11.3. The molecule has 0 spiro atoms. The van der Waals surface area contributed by atoms with Gasteiger partial charge in [-0.15, -0.1) is 13.2 Å². The van der Waals surface area contributed by atoms with Crippen LogP contribution in [0.2, 0.25) is 0 Å². The first kappa shape index (κ1) is 11.6. The molecule has 3 heteroatoms. The first-order chi connectivity index (χ1) is 7.17. The van der Waals surface area contributed by atoms with Crippen LogP contribution in [0, 0.1) is 0 Å². The van der Waals surface area contributed by atoms with Gasteiger partial charge in [-0.05, 0) is 31.2 Å².